The van der Waals surface area contributed by atoms with Gasteiger partial charge in [-0.1, -0.05) is 12.1 Å². The van der Waals surface area contributed by atoms with E-state index in [2.05, 4.69) is 5.48 Å². The average Bonchev–Trinajstić information content (AvgIpc) is 2.20. The third kappa shape index (κ3) is 5.47. The Labute approximate surface area is 89.8 Å². The van der Waals surface area contributed by atoms with Crippen LogP contribution in [0.4, 0.5) is 4.39 Å². The Balaban J connectivity index is 2.12. The summed E-state index contributed by atoms with van der Waals surface area (Å²) in [5, 5.41) is 0. The quantitative estimate of drug-likeness (QED) is 0.570. The molecule has 15 heavy (non-hydrogen) atoms. The monoisotopic (exact) mass is 212 g/mol. The van der Waals surface area contributed by atoms with Gasteiger partial charge in [0.2, 0.25) is 0 Å². The minimum atomic E-state index is -0.215. The van der Waals surface area contributed by atoms with Crippen LogP contribution in [-0.4, -0.2) is 32.1 Å². The minimum Gasteiger partial charge on any atom is -0.307 e. The first-order valence-electron chi connectivity index (χ1n) is 4.92. The summed E-state index contributed by atoms with van der Waals surface area (Å²) in [5.74, 6) is -0.215. The molecule has 0 saturated heterocycles. The van der Waals surface area contributed by atoms with Crippen molar-refractivity contribution in [2.24, 2.45) is 0 Å². The van der Waals surface area contributed by atoms with Crippen LogP contribution in [0.3, 0.4) is 0 Å². The van der Waals surface area contributed by atoms with Crippen LogP contribution in [0.15, 0.2) is 24.3 Å². The first kappa shape index (κ1) is 12.1. The van der Waals surface area contributed by atoms with Crippen molar-refractivity contribution in [3.63, 3.8) is 0 Å². The smallest absolute Gasteiger partial charge is 0.123 e. The molecule has 1 aromatic carbocycles. The second-order valence-electron chi connectivity index (χ2n) is 3.60. The predicted octanol–water partition coefficient (Wildman–Crippen LogP) is 1.41. The van der Waals surface area contributed by atoms with Crippen LogP contribution in [0.5, 0.6) is 0 Å². The lowest BCUT2D eigenvalue weighted by molar-refractivity contribution is 0.0282. The summed E-state index contributed by atoms with van der Waals surface area (Å²) < 4.78 is 12.6. The van der Waals surface area contributed by atoms with E-state index in [4.69, 9.17) is 4.84 Å². The molecule has 1 N–H and O–H groups in total. The van der Waals surface area contributed by atoms with E-state index in [0.29, 0.717) is 13.2 Å². The molecule has 0 aliphatic rings. The Morgan fingerprint density at radius 2 is 1.93 bits per heavy atom. The standard InChI is InChI=1S/C11H17FN2O/c1-14(2)7-8-15-13-9-10-3-5-11(12)6-4-10/h3-6,13H,7-9H2,1-2H3. The number of nitrogens with one attached hydrogen (secondary N) is 1. The van der Waals surface area contributed by atoms with Gasteiger partial charge in [-0.25, -0.2) is 4.39 Å². The Morgan fingerprint density at radius 1 is 1.27 bits per heavy atom. The molecule has 0 aliphatic carbocycles. The Kier molecular flexibility index (Phi) is 5.25. The summed E-state index contributed by atoms with van der Waals surface area (Å²) in [6.45, 7) is 2.10. The van der Waals surface area contributed by atoms with Gasteiger partial charge in [0.1, 0.15) is 5.82 Å². The van der Waals surface area contributed by atoms with Crippen LogP contribution >= 0.6 is 0 Å². The molecule has 84 valence electrons. The van der Waals surface area contributed by atoms with Gasteiger partial charge < -0.3 is 9.74 Å². The molecule has 1 aromatic rings. The lowest BCUT2D eigenvalue weighted by atomic mass is 10.2. The highest BCUT2D eigenvalue weighted by Gasteiger charge is 1.94. The van der Waals surface area contributed by atoms with Gasteiger partial charge in [0, 0.05) is 13.1 Å². The third-order valence-electron chi connectivity index (χ3n) is 1.93. The van der Waals surface area contributed by atoms with Crippen molar-refractivity contribution in [3.05, 3.63) is 35.6 Å². The second kappa shape index (κ2) is 6.50. The third-order valence-corrected chi connectivity index (χ3v) is 1.93. The Morgan fingerprint density at radius 3 is 2.53 bits per heavy atom. The number of likely N-dealkylation sites (N-methyl/N-ethyl adjacent to an activating group) is 1. The number of hydrogen-bond donors (Lipinski definition) is 1. The molecule has 0 aromatic heterocycles. The SMILES string of the molecule is CN(C)CCONCc1ccc(F)cc1. The van der Waals surface area contributed by atoms with Crippen LogP contribution in [0.2, 0.25) is 0 Å². The van der Waals surface area contributed by atoms with E-state index in [1.54, 1.807) is 12.1 Å². The molecule has 0 radical (unpaired) electrons. The highest BCUT2D eigenvalue weighted by atomic mass is 19.1. The Bertz CT molecular complexity index is 274. The van der Waals surface area contributed by atoms with E-state index in [-0.39, 0.29) is 5.82 Å². The van der Waals surface area contributed by atoms with Crippen LogP contribution in [-0.2, 0) is 11.4 Å². The fourth-order valence-electron chi connectivity index (χ4n) is 1.04. The predicted molar refractivity (Wildman–Crippen MR) is 57.7 cm³/mol. The topological polar surface area (TPSA) is 24.5 Å². The van der Waals surface area contributed by atoms with E-state index in [1.807, 2.05) is 19.0 Å². The van der Waals surface area contributed by atoms with Crippen molar-refractivity contribution < 1.29 is 9.23 Å². The zero-order valence-corrected chi connectivity index (χ0v) is 9.16. The van der Waals surface area contributed by atoms with Crippen molar-refractivity contribution in [1.82, 2.24) is 10.4 Å². The van der Waals surface area contributed by atoms with Crippen LogP contribution < -0.4 is 5.48 Å². The van der Waals surface area contributed by atoms with Gasteiger partial charge in [-0.2, -0.15) is 5.48 Å². The number of hydroxylamine groups is 1. The highest BCUT2D eigenvalue weighted by Crippen LogP contribution is 2.01. The molecule has 0 saturated carbocycles. The molecule has 3 nitrogen and oxygen atoms in total. The first-order chi connectivity index (χ1) is 7.18. The summed E-state index contributed by atoms with van der Waals surface area (Å²) in [5.41, 5.74) is 3.83. The van der Waals surface area contributed by atoms with Gasteiger partial charge in [0.05, 0.1) is 6.61 Å². The minimum absolute atomic E-state index is 0.215. The van der Waals surface area contributed by atoms with Gasteiger partial charge in [-0.05, 0) is 31.8 Å². The number of rotatable bonds is 6. The normalized spacial score (nSPS) is 10.9. The molecule has 0 bridgehead atoms. The maximum absolute atomic E-state index is 12.6. The summed E-state index contributed by atoms with van der Waals surface area (Å²) >= 11 is 0. The van der Waals surface area contributed by atoms with Crippen molar-refractivity contribution in [2.45, 2.75) is 6.54 Å². The molecule has 0 atom stereocenters. The summed E-state index contributed by atoms with van der Waals surface area (Å²) in [6.07, 6.45) is 0. The molecule has 4 heteroatoms. The van der Waals surface area contributed by atoms with E-state index in [0.717, 1.165) is 12.1 Å². The molecule has 0 aliphatic heterocycles. The fraction of sp³-hybridized carbons (Fsp3) is 0.455. The molecule has 0 unspecified atom stereocenters. The second-order valence-corrected chi connectivity index (χ2v) is 3.60. The summed E-state index contributed by atoms with van der Waals surface area (Å²) in [4.78, 5) is 7.23. The first-order valence-corrected chi connectivity index (χ1v) is 4.92. The summed E-state index contributed by atoms with van der Waals surface area (Å²) in [6, 6.07) is 6.35. The number of nitrogens with zero attached hydrogens (tertiary/aromatic N) is 1. The molecule has 0 fully saturated rings. The van der Waals surface area contributed by atoms with Crippen LogP contribution in [0, 0.1) is 5.82 Å². The van der Waals surface area contributed by atoms with Crippen LogP contribution in [0.1, 0.15) is 5.56 Å². The van der Waals surface area contributed by atoms with E-state index < -0.39 is 0 Å². The number of hydrogen-bond acceptors (Lipinski definition) is 3. The van der Waals surface area contributed by atoms with Crippen molar-refractivity contribution in [2.75, 3.05) is 27.2 Å². The maximum atomic E-state index is 12.6. The van der Waals surface area contributed by atoms with E-state index in [1.165, 1.54) is 12.1 Å². The highest BCUT2D eigenvalue weighted by molar-refractivity contribution is 5.15. The molecule has 1 rings (SSSR count). The van der Waals surface area contributed by atoms with Gasteiger partial charge in [-0.15, -0.1) is 0 Å². The lowest BCUT2D eigenvalue weighted by Gasteiger charge is -2.10. The van der Waals surface area contributed by atoms with Crippen molar-refractivity contribution in [3.8, 4) is 0 Å². The molecule has 0 heterocycles. The number of halogens is 1. The molecule has 0 spiro atoms. The molecular weight excluding hydrogens is 195 g/mol. The average molecular weight is 212 g/mol. The van der Waals surface area contributed by atoms with E-state index >= 15 is 0 Å². The molecular formula is C11H17FN2O. The zero-order valence-electron chi connectivity index (χ0n) is 9.16. The van der Waals surface area contributed by atoms with Crippen LogP contribution in [0.25, 0.3) is 0 Å². The zero-order chi connectivity index (χ0) is 11.1. The maximum Gasteiger partial charge on any atom is 0.123 e. The fourth-order valence-corrected chi connectivity index (χ4v) is 1.04. The van der Waals surface area contributed by atoms with Crippen molar-refractivity contribution >= 4 is 0 Å². The van der Waals surface area contributed by atoms with Gasteiger partial charge >= 0.3 is 0 Å². The van der Waals surface area contributed by atoms with Crippen molar-refractivity contribution in [1.29, 1.82) is 0 Å². The largest absolute Gasteiger partial charge is 0.307 e. The van der Waals surface area contributed by atoms with Gasteiger partial charge in [-0.3, -0.25) is 0 Å². The summed E-state index contributed by atoms with van der Waals surface area (Å²) in [7, 11) is 3.98. The van der Waals surface area contributed by atoms with Gasteiger partial charge in [0.25, 0.3) is 0 Å². The number of benzene rings is 1. The molecule has 0 amide bonds. The lowest BCUT2D eigenvalue weighted by Crippen LogP contribution is -2.23. The van der Waals surface area contributed by atoms with Gasteiger partial charge in [0.15, 0.2) is 0 Å². The Hall–Kier alpha value is -0.970. The van der Waals surface area contributed by atoms with E-state index in [9.17, 15) is 4.39 Å².